The standard InChI is InChI=1S/C19H23N5O2/c1-14-4-6-21-18(22-14)16-13-24(10-11-26-16)19(25)15-5-7-20-17(12-15)23-8-2-3-9-23/h4-7,12,16H,2-3,8-11,13H2,1H3/t16-/m1/s1. The van der Waals surface area contributed by atoms with Crippen molar-refractivity contribution < 1.29 is 9.53 Å². The van der Waals surface area contributed by atoms with Gasteiger partial charge in [-0.05, 0) is 38.0 Å². The molecule has 0 aliphatic carbocycles. The van der Waals surface area contributed by atoms with E-state index in [1.807, 2.05) is 24.0 Å². The third-order valence-corrected chi connectivity index (χ3v) is 4.88. The van der Waals surface area contributed by atoms with Crippen LogP contribution >= 0.6 is 0 Å². The van der Waals surface area contributed by atoms with E-state index in [4.69, 9.17) is 4.74 Å². The Bertz CT molecular complexity index is 791. The number of amides is 1. The fraction of sp³-hybridized carbons (Fsp3) is 0.474. The molecule has 0 saturated carbocycles. The molecular weight excluding hydrogens is 330 g/mol. The number of anilines is 1. The Morgan fingerprint density at radius 3 is 2.77 bits per heavy atom. The van der Waals surface area contributed by atoms with Gasteiger partial charge in [0.05, 0.1) is 13.2 Å². The Labute approximate surface area is 153 Å². The fourth-order valence-electron chi connectivity index (χ4n) is 3.47. The molecule has 0 radical (unpaired) electrons. The summed E-state index contributed by atoms with van der Waals surface area (Å²) in [7, 11) is 0. The number of nitrogens with zero attached hydrogens (tertiary/aromatic N) is 5. The molecular formula is C19H23N5O2. The molecule has 2 aliphatic heterocycles. The van der Waals surface area contributed by atoms with E-state index < -0.39 is 0 Å². The molecule has 2 fully saturated rings. The largest absolute Gasteiger partial charge is 0.367 e. The summed E-state index contributed by atoms with van der Waals surface area (Å²) in [4.78, 5) is 30.2. The Hall–Kier alpha value is -2.54. The molecule has 7 nitrogen and oxygen atoms in total. The number of carbonyl (C=O) groups excluding carboxylic acids is 1. The van der Waals surface area contributed by atoms with Crippen LogP contribution in [0.25, 0.3) is 0 Å². The van der Waals surface area contributed by atoms with E-state index in [2.05, 4.69) is 19.9 Å². The second-order valence-electron chi connectivity index (χ2n) is 6.76. The molecule has 2 aromatic rings. The lowest BCUT2D eigenvalue weighted by Gasteiger charge is -2.32. The summed E-state index contributed by atoms with van der Waals surface area (Å²) in [6, 6.07) is 5.54. The van der Waals surface area contributed by atoms with Gasteiger partial charge in [0, 0.05) is 43.3 Å². The molecule has 1 atom stereocenters. The van der Waals surface area contributed by atoms with E-state index in [0.29, 0.717) is 31.1 Å². The van der Waals surface area contributed by atoms with Crippen LogP contribution in [0.4, 0.5) is 5.82 Å². The van der Waals surface area contributed by atoms with Gasteiger partial charge in [-0.2, -0.15) is 0 Å². The zero-order valence-electron chi connectivity index (χ0n) is 15.0. The molecule has 7 heteroatoms. The van der Waals surface area contributed by atoms with Crippen molar-refractivity contribution in [3.05, 3.63) is 47.7 Å². The fourth-order valence-corrected chi connectivity index (χ4v) is 3.47. The van der Waals surface area contributed by atoms with Crippen LogP contribution in [0.3, 0.4) is 0 Å². The molecule has 0 N–H and O–H groups in total. The lowest BCUT2D eigenvalue weighted by atomic mass is 10.2. The van der Waals surface area contributed by atoms with Gasteiger partial charge in [0.2, 0.25) is 0 Å². The molecule has 136 valence electrons. The SMILES string of the molecule is Cc1ccnc([C@H]2CN(C(=O)c3ccnc(N4CCCC4)c3)CCO2)n1. The van der Waals surface area contributed by atoms with E-state index in [0.717, 1.165) is 24.6 Å². The minimum Gasteiger partial charge on any atom is -0.367 e. The van der Waals surface area contributed by atoms with Crippen molar-refractivity contribution >= 4 is 11.7 Å². The first-order valence-corrected chi connectivity index (χ1v) is 9.12. The molecule has 0 aromatic carbocycles. The van der Waals surface area contributed by atoms with Crippen LogP contribution in [-0.4, -0.2) is 58.5 Å². The Morgan fingerprint density at radius 2 is 1.96 bits per heavy atom. The van der Waals surface area contributed by atoms with E-state index in [1.54, 1.807) is 18.5 Å². The number of hydrogen-bond acceptors (Lipinski definition) is 6. The minimum atomic E-state index is -0.285. The van der Waals surface area contributed by atoms with Gasteiger partial charge in [-0.15, -0.1) is 0 Å². The molecule has 26 heavy (non-hydrogen) atoms. The average molecular weight is 353 g/mol. The zero-order chi connectivity index (χ0) is 17.9. The highest BCUT2D eigenvalue weighted by Gasteiger charge is 2.28. The van der Waals surface area contributed by atoms with Crippen molar-refractivity contribution in [2.75, 3.05) is 37.7 Å². The number of ether oxygens (including phenoxy) is 1. The van der Waals surface area contributed by atoms with E-state index in [9.17, 15) is 4.79 Å². The van der Waals surface area contributed by atoms with Gasteiger partial charge >= 0.3 is 0 Å². The van der Waals surface area contributed by atoms with Gasteiger partial charge in [0.15, 0.2) is 5.82 Å². The first-order valence-electron chi connectivity index (χ1n) is 9.12. The Balaban J connectivity index is 1.50. The summed E-state index contributed by atoms with van der Waals surface area (Å²) in [5, 5.41) is 0. The van der Waals surface area contributed by atoms with E-state index in [1.165, 1.54) is 12.8 Å². The van der Waals surface area contributed by atoms with Crippen LogP contribution in [0.15, 0.2) is 30.6 Å². The van der Waals surface area contributed by atoms with Crippen LogP contribution in [0.5, 0.6) is 0 Å². The lowest BCUT2D eigenvalue weighted by molar-refractivity contribution is -0.0268. The second-order valence-corrected chi connectivity index (χ2v) is 6.76. The summed E-state index contributed by atoms with van der Waals surface area (Å²) in [5.41, 5.74) is 1.57. The molecule has 0 spiro atoms. The summed E-state index contributed by atoms with van der Waals surface area (Å²) in [5.74, 6) is 1.53. The average Bonchev–Trinajstić information content (AvgIpc) is 3.22. The van der Waals surface area contributed by atoms with Crippen LogP contribution in [-0.2, 0) is 4.74 Å². The van der Waals surface area contributed by atoms with Crippen molar-refractivity contribution in [1.29, 1.82) is 0 Å². The third kappa shape index (κ3) is 3.53. The maximum Gasteiger partial charge on any atom is 0.254 e. The van der Waals surface area contributed by atoms with Crippen molar-refractivity contribution in [2.45, 2.75) is 25.9 Å². The van der Waals surface area contributed by atoms with Gasteiger partial charge in [-0.25, -0.2) is 15.0 Å². The van der Waals surface area contributed by atoms with Crippen molar-refractivity contribution in [2.24, 2.45) is 0 Å². The minimum absolute atomic E-state index is 0.00815. The van der Waals surface area contributed by atoms with Gasteiger partial charge in [-0.3, -0.25) is 4.79 Å². The van der Waals surface area contributed by atoms with Gasteiger partial charge in [-0.1, -0.05) is 0 Å². The Morgan fingerprint density at radius 1 is 1.15 bits per heavy atom. The number of aromatic nitrogens is 3. The smallest absolute Gasteiger partial charge is 0.254 e. The maximum atomic E-state index is 13.0. The number of pyridine rings is 1. The zero-order valence-corrected chi connectivity index (χ0v) is 15.0. The lowest BCUT2D eigenvalue weighted by Crippen LogP contribution is -2.42. The first kappa shape index (κ1) is 16.9. The van der Waals surface area contributed by atoms with Crippen LogP contribution < -0.4 is 4.90 Å². The van der Waals surface area contributed by atoms with Crippen LogP contribution in [0.2, 0.25) is 0 Å². The number of hydrogen-bond donors (Lipinski definition) is 0. The molecule has 2 saturated heterocycles. The predicted octanol–water partition coefficient (Wildman–Crippen LogP) is 1.99. The molecule has 1 amide bonds. The van der Waals surface area contributed by atoms with Crippen LogP contribution in [0.1, 0.15) is 40.8 Å². The van der Waals surface area contributed by atoms with Gasteiger partial charge in [0.25, 0.3) is 5.91 Å². The second kappa shape index (κ2) is 7.37. The predicted molar refractivity (Wildman–Crippen MR) is 97.0 cm³/mol. The summed E-state index contributed by atoms with van der Waals surface area (Å²) < 4.78 is 5.80. The number of morpholine rings is 1. The highest BCUT2D eigenvalue weighted by atomic mass is 16.5. The molecule has 4 rings (SSSR count). The van der Waals surface area contributed by atoms with E-state index >= 15 is 0 Å². The van der Waals surface area contributed by atoms with Gasteiger partial charge < -0.3 is 14.5 Å². The number of rotatable bonds is 3. The Kier molecular flexibility index (Phi) is 4.79. The maximum absolute atomic E-state index is 13.0. The van der Waals surface area contributed by atoms with Crippen LogP contribution in [0, 0.1) is 6.92 Å². The molecule has 2 aromatic heterocycles. The molecule has 0 unspecified atom stereocenters. The highest BCUT2D eigenvalue weighted by Crippen LogP contribution is 2.23. The van der Waals surface area contributed by atoms with Crippen molar-refractivity contribution in [1.82, 2.24) is 19.9 Å². The quantitative estimate of drug-likeness (QED) is 0.840. The van der Waals surface area contributed by atoms with Crippen molar-refractivity contribution in [3.8, 4) is 0 Å². The number of carbonyl (C=O) groups is 1. The first-order chi connectivity index (χ1) is 12.7. The van der Waals surface area contributed by atoms with Crippen molar-refractivity contribution in [3.63, 3.8) is 0 Å². The topological polar surface area (TPSA) is 71.5 Å². The summed E-state index contributed by atoms with van der Waals surface area (Å²) in [6.07, 6.45) is 5.53. The molecule has 2 aliphatic rings. The summed E-state index contributed by atoms with van der Waals surface area (Å²) >= 11 is 0. The monoisotopic (exact) mass is 353 g/mol. The number of aryl methyl sites for hydroxylation is 1. The highest BCUT2D eigenvalue weighted by molar-refractivity contribution is 5.95. The van der Waals surface area contributed by atoms with E-state index in [-0.39, 0.29) is 12.0 Å². The normalized spacial score (nSPS) is 20.4. The molecule has 0 bridgehead atoms. The molecule has 4 heterocycles. The third-order valence-electron chi connectivity index (χ3n) is 4.88. The van der Waals surface area contributed by atoms with Gasteiger partial charge in [0.1, 0.15) is 11.9 Å². The summed E-state index contributed by atoms with van der Waals surface area (Å²) in [6.45, 7) is 5.46.